The molecule has 3 atom stereocenters. The summed E-state index contributed by atoms with van der Waals surface area (Å²) in [6.45, 7) is 3.45. The molecule has 1 rings (SSSR count). The Morgan fingerprint density at radius 3 is 2.21 bits per heavy atom. The predicted octanol–water partition coefficient (Wildman–Crippen LogP) is -0.817. The second kappa shape index (κ2) is 3.75. The Morgan fingerprint density at radius 1 is 1.50 bits per heavy atom. The fourth-order valence-corrected chi connectivity index (χ4v) is 1.88. The molecule has 0 aromatic carbocycles. The highest BCUT2D eigenvalue weighted by atomic mass is 16.7. The maximum atomic E-state index is 10.0. The van der Waals surface area contributed by atoms with E-state index in [0.29, 0.717) is 19.4 Å². The van der Waals surface area contributed by atoms with Gasteiger partial charge in [0.15, 0.2) is 12.1 Å². The molecule has 4 N–H and O–H groups in total. The van der Waals surface area contributed by atoms with Crippen LogP contribution in [0, 0.1) is 5.92 Å². The van der Waals surface area contributed by atoms with Gasteiger partial charge in [0.1, 0.15) is 5.60 Å². The van der Waals surface area contributed by atoms with E-state index in [4.69, 9.17) is 14.9 Å². The lowest BCUT2D eigenvalue weighted by Gasteiger charge is -2.50. The second-order valence-electron chi connectivity index (χ2n) is 3.96. The molecule has 5 nitrogen and oxygen atoms in total. The number of hydrogen-bond donors (Lipinski definition) is 4. The van der Waals surface area contributed by atoms with E-state index in [9.17, 15) is 10.2 Å². The number of hydrogen-bond acceptors (Lipinski definition) is 5. The molecular weight excluding hydrogens is 188 g/mol. The summed E-state index contributed by atoms with van der Waals surface area (Å²) in [5.41, 5.74) is -1.64. The van der Waals surface area contributed by atoms with Crippen LogP contribution < -0.4 is 0 Å². The third kappa shape index (κ3) is 1.66. The molecule has 0 aromatic heterocycles. The minimum atomic E-state index is -1.66. The SMILES string of the molecule is CCC(C(O)O)C(C)(O)[C@]1(O)CCO1. The molecule has 2 unspecified atom stereocenters. The maximum Gasteiger partial charge on any atom is 0.197 e. The van der Waals surface area contributed by atoms with Crippen molar-refractivity contribution in [1.29, 1.82) is 0 Å². The van der Waals surface area contributed by atoms with Gasteiger partial charge in [-0.05, 0) is 13.3 Å². The van der Waals surface area contributed by atoms with Crippen molar-refractivity contribution in [3.05, 3.63) is 0 Å². The van der Waals surface area contributed by atoms with E-state index in [1.54, 1.807) is 6.92 Å². The summed E-state index contributed by atoms with van der Waals surface area (Å²) in [5, 5.41) is 37.9. The Kier molecular flexibility index (Phi) is 3.18. The molecular formula is C9H18O5. The van der Waals surface area contributed by atoms with E-state index >= 15 is 0 Å². The summed E-state index contributed by atoms with van der Waals surface area (Å²) in [7, 11) is 0. The zero-order chi connectivity index (χ0) is 11.0. The predicted molar refractivity (Wildman–Crippen MR) is 48.1 cm³/mol. The summed E-state index contributed by atoms with van der Waals surface area (Å²) in [4.78, 5) is 0. The Labute approximate surface area is 82.9 Å². The topological polar surface area (TPSA) is 90.2 Å². The molecule has 1 saturated heterocycles. The minimum Gasteiger partial charge on any atom is -0.384 e. The zero-order valence-electron chi connectivity index (χ0n) is 8.47. The third-order valence-electron chi connectivity index (χ3n) is 3.09. The van der Waals surface area contributed by atoms with E-state index in [1.807, 2.05) is 0 Å². The molecule has 1 aliphatic rings. The summed E-state index contributed by atoms with van der Waals surface area (Å²) in [5.74, 6) is -2.47. The first-order valence-corrected chi connectivity index (χ1v) is 4.80. The van der Waals surface area contributed by atoms with Crippen molar-refractivity contribution in [3.8, 4) is 0 Å². The van der Waals surface area contributed by atoms with Gasteiger partial charge in [0.05, 0.1) is 6.61 Å². The van der Waals surface area contributed by atoms with Crippen LogP contribution in [0.15, 0.2) is 0 Å². The summed E-state index contributed by atoms with van der Waals surface area (Å²) < 4.78 is 4.90. The Balaban J connectivity index is 2.80. The summed E-state index contributed by atoms with van der Waals surface area (Å²) in [6, 6.07) is 0. The van der Waals surface area contributed by atoms with Crippen molar-refractivity contribution in [2.45, 2.75) is 44.4 Å². The van der Waals surface area contributed by atoms with E-state index in [1.165, 1.54) is 6.92 Å². The van der Waals surface area contributed by atoms with Crippen LogP contribution in [0.5, 0.6) is 0 Å². The second-order valence-corrected chi connectivity index (χ2v) is 3.96. The normalized spacial score (nSPS) is 33.6. The molecule has 84 valence electrons. The molecule has 0 spiro atoms. The fraction of sp³-hybridized carbons (Fsp3) is 1.00. The molecule has 1 heterocycles. The van der Waals surface area contributed by atoms with Crippen molar-refractivity contribution in [2.75, 3.05) is 6.61 Å². The van der Waals surface area contributed by atoms with Crippen LogP contribution in [0.2, 0.25) is 0 Å². The maximum absolute atomic E-state index is 10.0. The first-order valence-electron chi connectivity index (χ1n) is 4.80. The molecule has 0 aliphatic carbocycles. The average molecular weight is 206 g/mol. The van der Waals surface area contributed by atoms with Gasteiger partial charge in [0.25, 0.3) is 0 Å². The van der Waals surface area contributed by atoms with Gasteiger partial charge in [0.2, 0.25) is 0 Å². The van der Waals surface area contributed by atoms with Crippen molar-refractivity contribution < 1.29 is 25.2 Å². The zero-order valence-corrected chi connectivity index (χ0v) is 8.47. The molecule has 1 fully saturated rings. The van der Waals surface area contributed by atoms with E-state index < -0.39 is 23.6 Å². The molecule has 0 saturated carbocycles. The highest BCUT2D eigenvalue weighted by Gasteiger charge is 2.56. The first kappa shape index (κ1) is 11.9. The Bertz CT molecular complexity index is 197. The molecule has 1 aliphatic heterocycles. The van der Waals surface area contributed by atoms with Crippen molar-refractivity contribution >= 4 is 0 Å². The monoisotopic (exact) mass is 206 g/mol. The quantitative estimate of drug-likeness (QED) is 0.451. The largest absolute Gasteiger partial charge is 0.384 e. The van der Waals surface area contributed by atoms with Gasteiger partial charge in [-0.15, -0.1) is 0 Å². The van der Waals surface area contributed by atoms with Gasteiger partial charge < -0.3 is 25.2 Å². The van der Waals surface area contributed by atoms with Gasteiger partial charge in [0, 0.05) is 12.3 Å². The number of ether oxygens (including phenoxy) is 1. The summed E-state index contributed by atoms with van der Waals surface area (Å²) >= 11 is 0. The van der Waals surface area contributed by atoms with Crippen LogP contribution in [0.3, 0.4) is 0 Å². The Morgan fingerprint density at radius 2 is 2.00 bits per heavy atom. The minimum absolute atomic E-state index is 0.309. The highest BCUT2D eigenvalue weighted by Crippen LogP contribution is 2.41. The molecule has 0 aromatic rings. The van der Waals surface area contributed by atoms with Crippen molar-refractivity contribution in [2.24, 2.45) is 5.92 Å². The van der Waals surface area contributed by atoms with Gasteiger partial charge >= 0.3 is 0 Å². The number of aliphatic hydroxyl groups is 4. The lowest BCUT2D eigenvalue weighted by molar-refractivity contribution is -0.377. The smallest absolute Gasteiger partial charge is 0.197 e. The number of rotatable bonds is 4. The van der Waals surface area contributed by atoms with Gasteiger partial charge in [-0.25, -0.2) is 0 Å². The van der Waals surface area contributed by atoms with Crippen LogP contribution >= 0.6 is 0 Å². The van der Waals surface area contributed by atoms with Gasteiger partial charge in [-0.3, -0.25) is 0 Å². The van der Waals surface area contributed by atoms with E-state index in [2.05, 4.69) is 0 Å². The molecule has 0 bridgehead atoms. The lowest BCUT2D eigenvalue weighted by atomic mass is 9.76. The van der Waals surface area contributed by atoms with Crippen molar-refractivity contribution in [3.63, 3.8) is 0 Å². The van der Waals surface area contributed by atoms with Crippen LogP contribution in [-0.4, -0.2) is 44.7 Å². The summed E-state index contributed by atoms with van der Waals surface area (Å²) in [6.07, 6.45) is -1.01. The van der Waals surface area contributed by atoms with E-state index in [-0.39, 0.29) is 0 Å². The first-order chi connectivity index (χ1) is 6.35. The van der Waals surface area contributed by atoms with E-state index in [0.717, 1.165) is 0 Å². The molecule has 0 radical (unpaired) electrons. The molecule has 14 heavy (non-hydrogen) atoms. The average Bonchev–Trinajstić information content (AvgIpc) is 1.99. The fourth-order valence-electron chi connectivity index (χ4n) is 1.88. The highest BCUT2D eigenvalue weighted by molar-refractivity contribution is 4.99. The van der Waals surface area contributed by atoms with Gasteiger partial charge in [-0.1, -0.05) is 6.92 Å². The van der Waals surface area contributed by atoms with Crippen LogP contribution in [0.4, 0.5) is 0 Å². The Hall–Kier alpha value is -0.200. The van der Waals surface area contributed by atoms with Crippen LogP contribution in [0.1, 0.15) is 26.7 Å². The lowest BCUT2D eigenvalue weighted by Crippen LogP contribution is -2.65. The van der Waals surface area contributed by atoms with Crippen LogP contribution in [0.25, 0.3) is 0 Å². The van der Waals surface area contributed by atoms with Crippen LogP contribution in [-0.2, 0) is 4.74 Å². The van der Waals surface area contributed by atoms with Crippen molar-refractivity contribution in [1.82, 2.24) is 0 Å². The molecule has 5 heteroatoms. The number of aliphatic hydroxyl groups excluding tert-OH is 1. The third-order valence-corrected chi connectivity index (χ3v) is 3.09. The standard InChI is InChI=1S/C9H18O5/c1-3-6(7(10)11)8(2,12)9(13)4-5-14-9/h6-7,10-13H,3-5H2,1-2H3/t6?,8?,9-/m0/s1. The molecule has 0 amide bonds. The van der Waals surface area contributed by atoms with Gasteiger partial charge in [-0.2, -0.15) is 0 Å².